The second-order valence-electron chi connectivity index (χ2n) is 4.42. The van der Waals surface area contributed by atoms with Crippen LogP contribution in [0.3, 0.4) is 0 Å². The first-order chi connectivity index (χ1) is 8.30. The van der Waals surface area contributed by atoms with E-state index in [1.54, 1.807) is 7.11 Å². The van der Waals surface area contributed by atoms with E-state index < -0.39 is 0 Å². The van der Waals surface area contributed by atoms with Crippen molar-refractivity contribution in [3.63, 3.8) is 0 Å². The summed E-state index contributed by atoms with van der Waals surface area (Å²) in [5.41, 5.74) is 4.17. The Morgan fingerprint density at radius 1 is 1.35 bits per heavy atom. The number of benzene rings is 1. The van der Waals surface area contributed by atoms with Crippen LogP contribution in [-0.4, -0.2) is 13.2 Å². The van der Waals surface area contributed by atoms with Crippen LogP contribution in [0.1, 0.15) is 38.2 Å². The molecule has 0 heterocycles. The van der Waals surface area contributed by atoms with Gasteiger partial charge < -0.3 is 4.74 Å². The number of nitrogens with one attached hydrogen (secondary N) is 1. The standard InChI is InChI=1S/C14H24N2O/c1-3-4-5-8-13(16-15)10-12-7-6-9-14(11-12)17-2/h6-7,9,11,13,16H,3-5,8,10,15H2,1-2H3. The zero-order valence-electron chi connectivity index (χ0n) is 10.9. The number of unbranched alkanes of at least 4 members (excludes halogenated alkanes) is 2. The first-order valence-corrected chi connectivity index (χ1v) is 6.39. The number of methoxy groups -OCH3 is 1. The number of hydrogen-bond donors (Lipinski definition) is 2. The number of hydrazine groups is 1. The van der Waals surface area contributed by atoms with Gasteiger partial charge >= 0.3 is 0 Å². The van der Waals surface area contributed by atoms with Crippen LogP contribution in [0.2, 0.25) is 0 Å². The highest BCUT2D eigenvalue weighted by Gasteiger charge is 2.07. The molecule has 1 aromatic carbocycles. The van der Waals surface area contributed by atoms with E-state index in [-0.39, 0.29) is 0 Å². The second kappa shape index (κ2) is 8.09. The molecule has 0 amide bonds. The van der Waals surface area contributed by atoms with Crippen molar-refractivity contribution in [3.8, 4) is 5.75 Å². The first kappa shape index (κ1) is 14.0. The molecule has 1 rings (SSSR count). The molecule has 0 saturated carbocycles. The Bertz CT molecular complexity index is 315. The van der Waals surface area contributed by atoms with E-state index in [1.807, 2.05) is 12.1 Å². The van der Waals surface area contributed by atoms with Gasteiger partial charge in [0.1, 0.15) is 5.75 Å². The van der Waals surface area contributed by atoms with Crippen molar-refractivity contribution < 1.29 is 4.74 Å². The van der Waals surface area contributed by atoms with Gasteiger partial charge in [-0.3, -0.25) is 11.3 Å². The third kappa shape index (κ3) is 5.20. The van der Waals surface area contributed by atoms with Gasteiger partial charge in [0, 0.05) is 6.04 Å². The molecule has 0 spiro atoms. The minimum Gasteiger partial charge on any atom is -0.497 e. The van der Waals surface area contributed by atoms with Gasteiger partial charge in [0.25, 0.3) is 0 Å². The summed E-state index contributed by atoms with van der Waals surface area (Å²) in [4.78, 5) is 0. The second-order valence-corrected chi connectivity index (χ2v) is 4.42. The minimum atomic E-state index is 0.355. The van der Waals surface area contributed by atoms with Crippen LogP contribution in [0.5, 0.6) is 5.75 Å². The van der Waals surface area contributed by atoms with Gasteiger partial charge in [-0.15, -0.1) is 0 Å². The van der Waals surface area contributed by atoms with Crippen molar-refractivity contribution >= 4 is 0 Å². The third-order valence-electron chi connectivity index (χ3n) is 3.01. The normalized spacial score (nSPS) is 12.4. The topological polar surface area (TPSA) is 47.3 Å². The summed E-state index contributed by atoms with van der Waals surface area (Å²) in [6.45, 7) is 2.22. The van der Waals surface area contributed by atoms with Gasteiger partial charge in [-0.25, -0.2) is 0 Å². The number of rotatable bonds is 8. The van der Waals surface area contributed by atoms with Crippen molar-refractivity contribution in [2.24, 2.45) is 5.84 Å². The van der Waals surface area contributed by atoms with E-state index in [9.17, 15) is 0 Å². The Morgan fingerprint density at radius 2 is 2.18 bits per heavy atom. The number of ether oxygens (including phenoxy) is 1. The Labute approximate surface area is 104 Å². The summed E-state index contributed by atoms with van der Waals surface area (Å²) in [6.07, 6.45) is 5.83. The highest BCUT2D eigenvalue weighted by Crippen LogP contribution is 2.15. The van der Waals surface area contributed by atoms with Gasteiger partial charge in [-0.1, -0.05) is 38.3 Å². The molecule has 1 unspecified atom stereocenters. The lowest BCUT2D eigenvalue weighted by Crippen LogP contribution is -2.36. The van der Waals surface area contributed by atoms with Gasteiger partial charge in [0.2, 0.25) is 0 Å². The minimum absolute atomic E-state index is 0.355. The fraction of sp³-hybridized carbons (Fsp3) is 0.571. The van der Waals surface area contributed by atoms with Crippen molar-refractivity contribution in [2.45, 2.75) is 45.1 Å². The number of nitrogens with two attached hydrogens (primary N) is 1. The largest absolute Gasteiger partial charge is 0.497 e. The lowest BCUT2D eigenvalue weighted by molar-refractivity contribution is 0.413. The molecule has 0 saturated heterocycles. The van der Waals surface area contributed by atoms with E-state index in [1.165, 1.54) is 24.8 Å². The molecular formula is C14H24N2O. The van der Waals surface area contributed by atoms with Crippen molar-refractivity contribution in [2.75, 3.05) is 7.11 Å². The average molecular weight is 236 g/mol. The lowest BCUT2D eigenvalue weighted by Gasteiger charge is -2.16. The van der Waals surface area contributed by atoms with Crippen molar-refractivity contribution in [3.05, 3.63) is 29.8 Å². The maximum Gasteiger partial charge on any atom is 0.119 e. The van der Waals surface area contributed by atoms with Gasteiger partial charge in [0.05, 0.1) is 7.11 Å². The molecule has 0 aliphatic heterocycles. The summed E-state index contributed by atoms with van der Waals surface area (Å²) in [7, 11) is 1.69. The first-order valence-electron chi connectivity index (χ1n) is 6.39. The SMILES string of the molecule is CCCCCC(Cc1cccc(OC)c1)NN. The van der Waals surface area contributed by atoms with E-state index >= 15 is 0 Å². The smallest absolute Gasteiger partial charge is 0.119 e. The monoisotopic (exact) mass is 236 g/mol. The summed E-state index contributed by atoms with van der Waals surface area (Å²) >= 11 is 0. The molecule has 0 bridgehead atoms. The third-order valence-corrected chi connectivity index (χ3v) is 3.01. The van der Waals surface area contributed by atoms with Crippen LogP contribution in [0.15, 0.2) is 24.3 Å². The Morgan fingerprint density at radius 3 is 2.82 bits per heavy atom. The zero-order chi connectivity index (χ0) is 12.5. The molecule has 1 atom stereocenters. The quantitative estimate of drug-likeness (QED) is 0.414. The van der Waals surface area contributed by atoms with Crippen LogP contribution >= 0.6 is 0 Å². The predicted octanol–water partition coefficient (Wildman–Crippen LogP) is 2.65. The molecule has 1 aromatic rings. The molecular weight excluding hydrogens is 212 g/mol. The van der Waals surface area contributed by atoms with Crippen LogP contribution in [0, 0.1) is 0 Å². The van der Waals surface area contributed by atoms with Gasteiger partial charge in [-0.2, -0.15) is 0 Å². The molecule has 3 nitrogen and oxygen atoms in total. The summed E-state index contributed by atoms with van der Waals surface area (Å²) < 4.78 is 5.22. The van der Waals surface area contributed by atoms with E-state index in [0.29, 0.717) is 6.04 Å². The molecule has 3 N–H and O–H groups in total. The average Bonchev–Trinajstić information content (AvgIpc) is 2.38. The fourth-order valence-corrected chi connectivity index (χ4v) is 1.97. The molecule has 0 aliphatic carbocycles. The van der Waals surface area contributed by atoms with E-state index in [4.69, 9.17) is 10.6 Å². The summed E-state index contributed by atoms with van der Waals surface area (Å²) in [5, 5.41) is 0. The van der Waals surface area contributed by atoms with E-state index in [0.717, 1.165) is 18.6 Å². The van der Waals surface area contributed by atoms with Gasteiger partial charge in [0.15, 0.2) is 0 Å². The Balaban J connectivity index is 2.48. The maximum absolute atomic E-state index is 5.59. The van der Waals surface area contributed by atoms with Crippen LogP contribution < -0.4 is 16.0 Å². The molecule has 17 heavy (non-hydrogen) atoms. The molecule has 3 heteroatoms. The lowest BCUT2D eigenvalue weighted by atomic mass is 10.0. The Hall–Kier alpha value is -1.06. The predicted molar refractivity (Wildman–Crippen MR) is 72.0 cm³/mol. The molecule has 0 fully saturated rings. The van der Waals surface area contributed by atoms with Crippen LogP contribution in [0.4, 0.5) is 0 Å². The van der Waals surface area contributed by atoms with Crippen LogP contribution in [-0.2, 0) is 6.42 Å². The highest BCUT2D eigenvalue weighted by atomic mass is 16.5. The van der Waals surface area contributed by atoms with Crippen molar-refractivity contribution in [1.29, 1.82) is 0 Å². The molecule has 0 radical (unpaired) electrons. The van der Waals surface area contributed by atoms with Crippen molar-refractivity contribution in [1.82, 2.24) is 5.43 Å². The molecule has 96 valence electrons. The van der Waals surface area contributed by atoms with Gasteiger partial charge in [-0.05, 0) is 30.5 Å². The fourth-order valence-electron chi connectivity index (χ4n) is 1.97. The van der Waals surface area contributed by atoms with Crippen LogP contribution in [0.25, 0.3) is 0 Å². The molecule has 0 aliphatic rings. The molecule has 0 aromatic heterocycles. The number of hydrogen-bond acceptors (Lipinski definition) is 3. The maximum atomic E-state index is 5.59. The zero-order valence-corrected chi connectivity index (χ0v) is 10.9. The highest BCUT2D eigenvalue weighted by molar-refractivity contribution is 5.28. The Kier molecular flexibility index (Phi) is 6.67. The summed E-state index contributed by atoms with van der Waals surface area (Å²) in [5.74, 6) is 6.50. The summed E-state index contributed by atoms with van der Waals surface area (Å²) in [6, 6.07) is 8.53. The van der Waals surface area contributed by atoms with E-state index in [2.05, 4.69) is 24.5 Å².